The summed E-state index contributed by atoms with van der Waals surface area (Å²) >= 11 is 1.31. The third-order valence-corrected chi connectivity index (χ3v) is 7.66. The first kappa shape index (κ1) is 25.3. The van der Waals surface area contributed by atoms with Crippen molar-refractivity contribution in [2.45, 2.75) is 31.5 Å². The minimum Gasteiger partial charge on any atom is -0.497 e. The summed E-state index contributed by atoms with van der Waals surface area (Å²) in [6.07, 6.45) is -2.15. The van der Waals surface area contributed by atoms with E-state index in [-0.39, 0.29) is 11.9 Å². The number of carbonyl (C=O) groups excluding carboxylic acids is 1. The number of benzene rings is 2. The lowest BCUT2D eigenvalue weighted by Gasteiger charge is -2.38. The summed E-state index contributed by atoms with van der Waals surface area (Å²) in [6.45, 7) is 2.66. The largest absolute Gasteiger partial charge is 0.497 e. The highest BCUT2D eigenvalue weighted by Gasteiger charge is 2.37. The highest BCUT2D eigenvalue weighted by atomic mass is 32.1. The fraction of sp³-hybridized carbons (Fsp3) is 0.423. The number of nitrogens with zero attached hydrogens (tertiary/aromatic N) is 5. The molecule has 3 aromatic rings. The molecule has 1 atom stereocenters. The van der Waals surface area contributed by atoms with Gasteiger partial charge in [0.05, 0.1) is 12.7 Å². The van der Waals surface area contributed by atoms with Crippen LogP contribution in [0.1, 0.15) is 29.8 Å². The monoisotopic (exact) mass is 531 g/mol. The number of rotatable bonds is 6. The molecule has 196 valence electrons. The van der Waals surface area contributed by atoms with Crippen molar-refractivity contribution < 1.29 is 22.7 Å². The molecule has 0 radical (unpaired) electrons. The van der Waals surface area contributed by atoms with Gasteiger partial charge in [-0.2, -0.15) is 17.5 Å². The van der Waals surface area contributed by atoms with E-state index in [9.17, 15) is 18.0 Å². The molecule has 0 spiro atoms. The van der Waals surface area contributed by atoms with E-state index < -0.39 is 11.7 Å². The van der Waals surface area contributed by atoms with Gasteiger partial charge >= 0.3 is 6.18 Å². The van der Waals surface area contributed by atoms with Gasteiger partial charge in [-0.1, -0.05) is 18.2 Å². The van der Waals surface area contributed by atoms with Crippen LogP contribution >= 0.6 is 11.5 Å². The van der Waals surface area contributed by atoms with Gasteiger partial charge in [-0.15, -0.1) is 0 Å². The summed E-state index contributed by atoms with van der Waals surface area (Å²) in [5.74, 6) is 1.54. The maximum atomic E-state index is 13.4. The minimum atomic E-state index is -4.38. The average molecular weight is 532 g/mol. The number of alkyl halides is 3. The predicted octanol–water partition coefficient (Wildman–Crippen LogP) is 4.47. The number of hydrogen-bond donors (Lipinski definition) is 0. The van der Waals surface area contributed by atoms with Crippen LogP contribution in [0.5, 0.6) is 5.75 Å². The molecule has 2 aliphatic heterocycles. The molecule has 1 unspecified atom stereocenters. The standard InChI is InChI=1S/C26H28F3N5O2S/c1-36-21-8-2-5-18(15-21)16-23-30-25(37-31-23)34-10-4-9-22(34)24(35)33-13-11-32(12-14-33)20-7-3-6-19(17-20)26(27,28)29/h2-3,5-8,15,17,22H,4,9-14,16H2,1H3. The van der Waals surface area contributed by atoms with Crippen LogP contribution in [0.4, 0.5) is 24.0 Å². The summed E-state index contributed by atoms with van der Waals surface area (Å²) in [5.41, 5.74) is 0.922. The molecule has 2 saturated heterocycles. The Labute approximate surface area is 217 Å². The molecule has 3 heterocycles. The Bertz CT molecular complexity index is 1240. The number of piperazine rings is 1. The maximum absolute atomic E-state index is 13.4. The fourth-order valence-electron chi connectivity index (χ4n) is 4.93. The lowest BCUT2D eigenvalue weighted by molar-refractivity contribution is -0.137. The van der Waals surface area contributed by atoms with Crippen LogP contribution in [0, 0.1) is 0 Å². The van der Waals surface area contributed by atoms with Crippen molar-refractivity contribution in [3.63, 3.8) is 0 Å². The molecule has 0 aliphatic carbocycles. The van der Waals surface area contributed by atoms with Gasteiger partial charge < -0.3 is 19.4 Å². The number of anilines is 2. The van der Waals surface area contributed by atoms with Crippen LogP contribution in [0.3, 0.4) is 0 Å². The van der Waals surface area contributed by atoms with E-state index in [1.54, 1.807) is 13.2 Å². The SMILES string of the molecule is COc1cccc(Cc2nsc(N3CCCC3C(=O)N3CCN(c4cccc(C(F)(F)F)c4)CC3)n2)c1. The van der Waals surface area contributed by atoms with Crippen molar-refractivity contribution in [3.8, 4) is 5.75 Å². The van der Waals surface area contributed by atoms with E-state index in [1.807, 2.05) is 39.0 Å². The Morgan fingerprint density at radius 3 is 2.62 bits per heavy atom. The number of carbonyl (C=O) groups is 1. The zero-order valence-corrected chi connectivity index (χ0v) is 21.3. The van der Waals surface area contributed by atoms with Crippen molar-refractivity contribution >= 4 is 28.3 Å². The van der Waals surface area contributed by atoms with Crippen LogP contribution < -0.4 is 14.5 Å². The van der Waals surface area contributed by atoms with Crippen LogP contribution in [0.15, 0.2) is 48.5 Å². The third-order valence-electron chi connectivity index (χ3n) is 6.87. The molecule has 0 saturated carbocycles. The van der Waals surface area contributed by atoms with E-state index in [0.29, 0.717) is 44.1 Å². The smallest absolute Gasteiger partial charge is 0.416 e. The van der Waals surface area contributed by atoms with E-state index in [2.05, 4.69) is 4.37 Å². The highest BCUT2D eigenvalue weighted by Crippen LogP contribution is 2.33. The van der Waals surface area contributed by atoms with E-state index >= 15 is 0 Å². The number of aromatic nitrogens is 2. The zero-order chi connectivity index (χ0) is 26.0. The second-order valence-corrected chi connectivity index (χ2v) is 9.96. The predicted molar refractivity (Wildman–Crippen MR) is 136 cm³/mol. The summed E-state index contributed by atoms with van der Waals surface area (Å²) in [7, 11) is 1.63. The van der Waals surface area contributed by atoms with Crippen molar-refractivity contribution in [1.82, 2.24) is 14.3 Å². The first-order valence-corrected chi connectivity index (χ1v) is 13.0. The Kier molecular flexibility index (Phi) is 7.23. The van der Waals surface area contributed by atoms with Gasteiger partial charge in [0.25, 0.3) is 0 Å². The molecule has 1 aromatic heterocycles. The number of halogens is 3. The van der Waals surface area contributed by atoms with Crippen LogP contribution in [-0.4, -0.2) is 66.0 Å². The molecule has 7 nitrogen and oxygen atoms in total. The molecule has 2 fully saturated rings. The lowest BCUT2D eigenvalue weighted by Crippen LogP contribution is -2.53. The zero-order valence-electron chi connectivity index (χ0n) is 20.4. The quantitative estimate of drug-likeness (QED) is 0.468. The summed E-state index contributed by atoms with van der Waals surface area (Å²) in [6, 6.07) is 12.9. The second kappa shape index (κ2) is 10.6. The van der Waals surface area contributed by atoms with Gasteiger partial charge in [-0.05, 0) is 48.7 Å². The van der Waals surface area contributed by atoms with E-state index in [1.165, 1.54) is 23.7 Å². The fourth-order valence-corrected chi connectivity index (χ4v) is 5.69. The number of amides is 1. The van der Waals surface area contributed by atoms with Crippen LogP contribution in [-0.2, 0) is 17.4 Å². The molecule has 1 amide bonds. The van der Waals surface area contributed by atoms with Gasteiger partial charge in [0.15, 0.2) is 0 Å². The van der Waals surface area contributed by atoms with Crippen LogP contribution in [0.2, 0.25) is 0 Å². The summed E-state index contributed by atoms with van der Waals surface area (Å²) in [4.78, 5) is 23.9. The molecular weight excluding hydrogens is 503 g/mol. The highest BCUT2D eigenvalue weighted by molar-refractivity contribution is 7.09. The first-order chi connectivity index (χ1) is 17.8. The number of hydrogen-bond acceptors (Lipinski definition) is 7. The topological polar surface area (TPSA) is 61.8 Å². The normalized spacial score (nSPS) is 18.4. The maximum Gasteiger partial charge on any atom is 0.416 e. The summed E-state index contributed by atoms with van der Waals surface area (Å²) < 4.78 is 49.1. The molecular formula is C26H28F3N5O2S. The summed E-state index contributed by atoms with van der Waals surface area (Å²) in [5, 5.41) is 0.747. The molecule has 5 rings (SSSR count). The van der Waals surface area contributed by atoms with Crippen molar-refractivity contribution in [2.24, 2.45) is 0 Å². The minimum absolute atomic E-state index is 0.0470. The van der Waals surface area contributed by atoms with Gasteiger partial charge in [0.2, 0.25) is 11.0 Å². The molecule has 0 N–H and O–H groups in total. The van der Waals surface area contributed by atoms with E-state index in [4.69, 9.17) is 9.72 Å². The Balaban J connectivity index is 1.21. The van der Waals surface area contributed by atoms with Gasteiger partial charge in [-0.25, -0.2) is 4.98 Å². The first-order valence-electron chi connectivity index (χ1n) is 12.2. The van der Waals surface area contributed by atoms with Gasteiger partial charge in [0, 0.05) is 56.4 Å². The van der Waals surface area contributed by atoms with E-state index in [0.717, 1.165) is 41.9 Å². The number of ether oxygens (including phenoxy) is 1. The van der Waals surface area contributed by atoms with Gasteiger partial charge in [0.1, 0.15) is 17.6 Å². The molecule has 2 aliphatic rings. The average Bonchev–Trinajstić information content (AvgIpc) is 3.58. The molecule has 11 heteroatoms. The molecule has 0 bridgehead atoms. The van der Waals surface area contributed by atoms with Crippen LogP contribution in [0.25, 0.3) is 0 Å². The number of methoxy groups -OCH3 is 1. The molecule has 37 heavy (non-hydrogen) atoms. The van der Waals surface area contributed by atoms with Crippen molar-refractivity contribution in [3.05, 3.63) is 65.5 Å². The second-order valence-electron chi connectivity index (χ2n) is 9.23. The Morgan fingerprint density at radius 1 is 1.08 bits per heavy atom. The third kappa shape index (κ3) is 5.66. The Morgan fingerprint density at radius 2 is 1.86 bits per heavy atom. The molecule has 2 aromatic carbocycles. The Hall–Kier alpha value is -3.34. The lowest BCUT2D eigenvalue weighted by atomic mass is 10.1. The van der Waals surface area contributed by atoms with Crippen molar-refractivity contribution in [2.75, 3.05) is 49.6 Å². The van der Waals surface area contributed by atoms with Crippen molar-refractivity contribution in [1.29, 1.82) is 0 Å². The van der Waals surface area contributed by atoms with Gasteiger partial charge in [-0.3, -0.25) is 4.79 Å².